The van der Waals surface area contributed by atoms with Crippen LogP contribution in [0.4, 0.5) is 0 Å². The number of aryl methyl sites for hydroxylation is 2. The first kappa shape index (κ1) is 12.2. The van der Waals surface area contributed by atoms with Gasteiger partial charge in [0.05, 0.1) is 5.56 Å². The van der Waals surface area contributed by atoms with Crippen LogP contribution in [0.5, 0.6) is 0 Å². The summed E-state index contributed by atoms with van der Waals surface area (Å²) in [4.78, 5) is 11.8. The van der Waals surface area contributed by atoms with E-state index >= 15 is 0 Å². The van der Waals surface area contributed by atoms with Crippen molar-refractivity contribution in [1.82, 2.24) is 0 Å². The zero-order valence-corrected chi connectivity index (χ0v) is 10.8. The predicted octanol–water partition coefficient (Wildman–Crippen LogP) is 3.59. The number of ether oxygens (including phenoxy) is 1. The molecule has 0 amide bonds. The molecule has 0 aliphatic carbocycles. The number of hydrogen-bond donors (Lipinski definition) is 0. The Morgan fingerprint density at radius 2 is 1.93 bits per heavy atom. The molecule has 0 heterocycles. The zero-order chi connectivity index (χ0) is 11.4. The van der Waals surface area contributed by atoms with Gasteiger partial charge >= 0.3 is 5.97 Å². The van der Waals surface area contributed by atoms with E-state index in [1.54, 1.807) is 0 Å². The fourth-order valence-electron chi connectivity index (χ4n) is 1.39. The minimum atomic E-state index is -0.255. The maximum atomic E-state index is 11.8. The highest BCUT2D eigenvalue weighted by Crippen LogP contribution is 2.17. The van der Waals surface area contributed by atoms with Crippen molar-refractivity contribution >= 4 is 21.9 Å². The normalized spacial score (nSPS) is 12.3. The van der Waals surface area contributed by atoms with Crippen molar-refractivity contribution in [1.29, 1.82) is 0 Å². The molecule has 0 saturated carbocycles. The molecule has 0 saturated heterocycles. The van der Waals surface area contributed by atoms with Gasteiger partial charge in [-0.1, -0.05) is 25.1 Å². The molecule has 0 aliphatic rings. The molecule has 15 heavy (non-hydrogen) atoms. The quantitative estimate of drug-likeness (QED) is 0.620. The van der Waals surface area contributed by atoms with Crippen molar-refractivity contribution in [2.75, 3.05) is 0 Å². The summed E-state index contributed by atoms with van der Waals surface area (Å²) >= 11 is 3.28. The van der Waals surface area contributed by atoms with Crippen LogP contribution in [0, 0.1) is 13.8 Å². The molecule has 0 radical (unpaired) electrons. The topological polar surface area (TPSA) is 26.3 Å². The SMILES string of the molecule is CCC(Br)OC(=O)c1c(C)cccc1C. The summed E-state index contributed by atoms with van der Waals surface area (Å²) in [6.07, 6.45) is 0.761. The van der Waals surface area contributed by atoms with Gasteiger partial charge in [-0.15, -0.1) is 0 Å². The van der Waals surface area contributed by atoms with Crippen LogP contribution >= 0.6 is 15.9 Å². The maximum Gasteiger partial charge on any atom is 0.339 e. The molecular formula is C12H15BrO2. The molecule has 0 N–H and O–H groups in total. The van der Waals surface area contributed by atoms with Crippen molar-refractivity contribution in [2.45, 2.75) is 32.2 Å². The lowest BCUT2D eigenvalue weighted by Gasteiger charge is -2.12. The molecule has 82 valence electrons. The second kappa shape index (κ2) is 5.31. The van der Waals surface area contributed by atoms with E-state index in [9.17, 15) is 4.79 Å². The molecule has 3 heteroatoms. The Balaban J connectivity index is 2.91. The molecule has 2 nitrogen and oxygen atoms in total. The predicted molar refractivity (Wildman–Crippen MR) is 64.3 cm³/mol. The molecule has 1 rings (SSSR count). The summed E-state index contributed by atoms with van der Waals surface area (Å²) < 4.78 is 5.22. The van der Waals surface area contributed by atoms with Crippen LogP contribution in [0.15, 0.2) is 18.2 Å². The number of alkyl halides is 1. The standard InChI is InChI=1S/C12H15BrO2/c1-4-10(13)15-12(14)11-8(2)6-5-7-9(11)3/h5-7,10H,4H2,1-3H3. The first-order chi connectivity index (χ1) is 7.06. The van der Waals surface area contributed by atoms with Crippen LogP contribution in [-0.4, -0.2) is 11.0 Å². The van der Waals surface area contributed by atoms with Crippen LogP contribution in [0.2, 0.25) is 0 Å². The van der Waals surface area contributed by atoms with E-state index in [2.05, 4.69) is 15.9 Å². The summed E-state index contributed by atoms with van der Waals surface area (Å²) in [5.41, 5.74) is 2.59. The van der Waals surface area contributed by atoms with Crippen LogP contribution in [0.1, 0.15) is 34.8 Å². The van der Waals surface area contributed by atoms with Crippen molar-refractivity contribution in [3.8, 4) is 0 Å². The summed E-state index contributed by atoms with van der Waals surface area (Å²) in [6, 6.07) is 5.77. The van der Waals surface area contributed by atoms with Gasteiger partial charge in [0.15, 0.2) is 5.01 Å². The molecule has 1 atom stereocenters. The van der Waals surface area contributed by atoms with Gasteiger partial charge in [-0.2, -0.15) is 0 Å². The van der Waals surface area contributed by atoms with Crippen LogP contribution in [0.25, 0.3) is 0 Å². The fourth-order valence-corrected chi connectivity index (χ4v) is 1.56. The highest BCUT2D eigenvalue weighted by Gasteiger charge is 2.15. The first-order valence-electron chi connectivity index (χ1n) is 4.97. The summed E-state index contributed by atoms with van der Waals surface area (Å²) in [6.45, 7) is 5.79. The average Bonchev–Trinajstić information content (AvgIpc) is 2.17. The van der Waals surface area contributed by atoms with E-state index in [0.717, 1.165) is 17.5 Å². The minimum absolute atomic E-state index is 0.205. The highest BCUT2D eigenvalue weighted by atomic mass is 79.9. The molecule has 0 fully saturated rings. The van der Waals surface area contributed by atoms with Gasteiger partial charge in [0, 0.05) is 0 Å². The number of rotatable bonds is 3. The molecule has 1 aromatic carbocycles. The largest absolute Gasteiger partial charge is 0.447 e. The molecule has 1 unspecified atom stereocenters. The number of halogens is 1. The lowest BCUT2D eigenvalue weighted by Crippen LogP contribution is -2.14. The Labute approximate surface area is 98.8 Å². The van der Waals surface area contributed by atoms with Gasteiger partial charge in [-0.25, -0.2) is 4.79 Å². The van der Waals surface area contributed by atoms with Gasteiger partial charge in [-0.3, -0.25) is 0 Å². The van der Waals surface area contributed by atoms with Crippen molar-refractivity contribution in [3.63, 3.8) is 0 Å². The van der Waals surface area contributed by atoms with E-state index in [0.29, 0.717) is 5.56 Å². The Bertz CT molecular complexity index is 340. The number of carbonyl (C=O) groups excluding carboxylic acids is 1. The van der Waals surface area contributed by atoms with Crippen LogP contribution < -0.4 is 0 Å². The average molecular weight is 271 g/mol. The van der Waals surface area contributed by atoms with Gasteiger partial charge in [0.2, 0.25) is 0 Å². The number of benzene rings is 1. The summed E-state index contributed by atoms with van der Waals surface area (Å²) in [7, 11) is 0. The molecule has 0 spiro atoms. The van der Waals surface area contributed by atoms with E-state index in [1.165, 1.54) is 0 Å². The van der Waals surface area contributed by atoms with E-state index < -0.39 is 0 Å². The van der Waals surface area contributed by atoms with E-state index in [1.807, 2.05) is 39.0 Å². The van der Waals surface area contributed by atoms with Gasteiger partial charge < -0.3 is 4.74 Å². The van der Waals surface area contributed by atoms with Gasteiger partial charge in [0.25, 0.3) is 0 Å². The number of esters is 1. The summed E-state index contributed by atoms with van der Waals surface area (Å²) in [5.74, 6) is -0.255. The summed E-state index contributed by atoms with van der Waals surface area (Å²) in [5, 5.41) is -0.205. The monoisotopic (exact) mass is 270 g/mol. The Kier molecular flexibility index (Phi) is 4.33. The molecule has 1 aromatic rings. The number of hydrogen-bond acceptors (Lipinski definition) is 2. The smallest absolute Gasteiger partial charge is 0.339 e. The maximum absolute atomic E-state index is 11.8. The molecule has 0 bridgehead atoms. The van der Waals surface area contributed by atoms with Crippen molar-refractivity contribution in [3.05, 3.63) is 34.9 Å². The van der Waals surface area contributed by atoms with E-state index in [4.69, 9.17) is 4.74 Å². The first-order valence-corrected chi connectivity index (χ1v) is 5.89. The second-order valence-electron chi connectivity index (χ2n) is 3.49. The lowest BCUT2D eigenvalue weighted by atomic mass is 10.0. The third-order valence-electron chi connectivity index (χ3n) is 2.24. The Morgan fingerprint density at radius 1 is 1.40 bits per heavy atom. The van der Waals surface area contributed by atoms with Crippen LogP contribution in [-0.2, 0) is 4.74 Å². The second-order valence-corrected chi connectivity index (χ2v) is 4.51. The molecule has 0 aliphatic heterocycles. The van der Waals surface area contributed by atoms with E-state index in [-0.39, 0.29) is 11.0 Å². The van der Waals surface area contributed by atoms with Crippen LogP contribution in [0.3, 0.4) is 0 Å². The Morgan fingerprint density at radius 3 is 2.40 bits per heavy atom. The lowest BCUT2D eigenvalue weighted by molar-refractivity contribution is 0.0463. The van der Waals surface area contributed by atoms with Crippen molar-refractivity contribution < 1.29 is 9.53 Å². The molecule has 0 aromatic heterocycles. The van der Waals surface area contributed by atoms with Gasteiger partial charge in [0.1, 0.15) is 0 Å². The Hall–Kier alpha value is -0.830. The fraction of sp³-hybridized carbons (Fsp3) is 0.417. The zero-order valence-electron chi connectivity index (χ0n) is 9.21. The molecular weight excluding hydrogens is 256 g/mol. The highest BCUT2D eigenvalue weighted by molar-refractivity contribution is 9.09. The minimum Gasteiger partial charge on any atom is -0.447 e. The number of carbonyl (C=O) groups is 1. The van der Waals surface area contributed by atoms with Gasteiger partial charge in [-0.05, 0) is 47.3 Å². The van der Waals surface area contributed by atoms with Crippen molar-refractivity contribution in [2.24, 2.45) is 0 Å². The third-order valence-corrected chi connectivity index (χ3v) is 3.08. The third kappa shape index (κ3) is 3.06.